The zero-order chi connectivity index (χ0) is 9.97. The molecule has 0 aromatic heterocycles. The van der Waals surface area contributed by atoms with E-state index in [-0.39, 0.29) is 18.7 Å². The monoisotopic (exact) mass is 193 g/mol. The van der Waals surface area contributed by atoms with Crippen molar-refractivity contribution in [1.29, 1.82) is 0 Å². The number of nitrogens with one attached hydrogen (secondary N) is 1. The number of aromatic hydroxyl groups is 1. The van der Waals surface area contributed by atoms with Crippen LogP contribution in [0.3, 0.4) is 0 Å². The van der Waals surface area contributed by atoms with E-state index in [4.69, 9.17) is 5.11 Å². The summed E-state index contributed by atoms with van der Waals surface area (Å²) in [6.45, 7) is 0.190. The van der Waals surface area contributed by atoms with Gasteiger partial charge in [0.05, 0.1) is 6.61 Å². The van der Waals surface area contributed by atoms with Crippen LogP contribution in [0.4, 0.5) is 0 Å². The fourth-order valence-electron chi connectivity index (χ4n) is 1.97. The van der Waals surface area contributed by atoms with Gasteiger partial charge in [0.1, 0.15) is 5.75 Å². The molecule has 1 aliphatic heterocycles. The van der Waals surface area contributed by atoms with Crippen LogP contribution in [0.25, 0.3) is 0 Å². The van der Waals surface area contributed by atoms with E-state index in [1.165, 1.54) is 0 Å². The lowest BCUT2D eigenvalue weighted by molar-refractivity contribution is 0.251. The van der Waals surface area contributed by atoms with Crippen molar-refractivity contribution in [1.82, 2.24) is 5.32 Å². The molecule has 0 spiro atoms. The number of aliphatic hydroxyl groups excluding tert-OH is 1. The van der Waals surface area contributed by atoms with Gasteiger partial charge in [0.2, 0.25) is 0 Å². The lowest BCUT2D eigenvalue weighted by atomic mass is 10.1. The Kier molecular flexibility index (Phi) is 2.70. The van der Waals surface area contributed by atoms with Crippen LogP contribution >= 0.6 is 0 Å². The number of aliphatic hydroxyl groups is 1. The molecular weight excluding hydrogens is 178 g/mol. The van der Waals surface area contributed by atoms with E-state index in [9.17, 15) is 5.11 Å². The van der Waals surface area contributed by atoms with Gasteiger partial charge in [-0.15, -0.1) is 0 Å². The molecule has 2 atom stereocenters. The predicted molar refractivity (Wildman–Crippen MR) is 54.1 cm³/mol. The van der Waals surface area contributed by atoms with Gasteiger partial charge in [-0.3, -0.25) is 0 Å². The molecule has 14 heavy (non-hydrogen) atoms. The molecule has 1 aliphatic rings. The number of phenolic OH excluding ortho intramolecular Hbond substituents is 1. The molecule has 3 nitrogen and oxygen atoms in total. The summed E-state index contributed by atoms with van der Waals surface area (Å²) in [5.41, 5.74) is 1.10. The Balaban J connectivity index is 2.09. The summed E-state index contributed by atoms with van der Waals surface area (Å²) in [6.07, 6.45) is 2.02. The molecule has 3 heteroatoms. The van der Waals surface area contributed by atoms with Crippen molar-refractivity contribution in [3.8, 4) is 5.75 Å². The van der Waals surface area contributed by atoms with Crippen LogP contribution in [0.5, 0.6) is 5.75 Å². The van der Waals surface area contributed by atoms with Gasteiger partial charge < -0.3 is 15.5 Å². The second kappa shape index (κ2) is 3.98. The molecule has 1 saturated heterocycles. The smallest absolute Gasteiger partial charge is 0.115 e. The fraction of sp³-hybridized carbons (Fsp3) is 0.455. The number of phenols is 1. The normalized spacial score (nSPS) is 26.6. The Bertz CT molecular complexity index is 314. The molecule has 1 aromatic rings. The SMILES string of the molecule is OC[C@@H]1CC[C@H](c2cccc(O)c2)N1. The molecule has 1 aromatic carbocycles. The van der Waals surface area contributed by atoms with Crippen LogP contribution in [0.1, 0.15) is 24.4 Å². The summed E-state index contributed by atoms with van der Waals surface area (Å²) >= 11 is 0. The Labute approximate surface area is 83.4 Å². The third kappa shape index (κ3) is 1.89. The Morgan fingerprint density at radius 3 is 2.86 bits per heavy atom. The molecule has 1 heterocycles. The molecule has 0 amide bonds. The van der Waals surface area contributed by atoms with Gasteiger partial charge in [-0.2, -0.15) is 0 Å². The summed E-state index contributed by atoms with van der Waals surface area (Å²) in [4.78, 5) is 0. The highest BCUT2D eigenvalue weighted by molar-refractivity contribution is 5.30. The average Bonchev–Trinajstić information content (AvgIpc) is 2.66. The Morgan fingerprint density at radius 1 is 1.36 bits per heavy atom. The molecule has 0 radical (unpaired) electrons. The van der Waals surface area contributed by atoms with E-state index in [1.54, 1.807) is 12.1 Å². The minimum Gasteiger partial charge on any atom is -0.508 e. The number of hydrogen-bond donors (Lipinski definition) is 3. The van der Waals surface area contributed by atoms with E-state index < -0.39 is 0 Å². The summed E-state index contributed by atoms with van der Waals surface area (Å²) in [7, 11) is 0. The van der Waals surface area contributed by atoms with E-state index in [2.05, 4.69) is 5.32 Å². The average molecular weight is 193 g/mol. The van der Waals surface area contributed by atoms with E-state index >= 15 is 0 Å². The number of hydrogen-bond acceptors (Lipinski definition) is 3. The lowest BCUT2D eigenvalue weighted by Gasteiger charge is -2.13. The van der Waals surface area contributed by atoms with Crippen LogP contribution in [0.15, 0.2) is 24.3 Å². The molecule has 3 N–H and O–H groups in total. The third-order valence-electron chi connectivity index (χ3n) is 2.73. The van der Waals surface area contributed by atoms with Gasteiger partial charge in [0.15, 0.2) is 0 Å². The second-order valence-corrected chi connectivity index (χ2v) is 3.77. The number of benzene rings is 1. The summed E-state index contributed by atoms with van der Waals surface area (Å²) in [5, 5.41) is 21.6. The van der Waals surface area contributed by atoms with Crippen molar-refractivity contribution < 1.29 is 10.2 Å². The molecule has 0 aliphatic carbocycles. The number of rotatable bonds is 2. The van der Waals surface area contributed by atoms with Gasteiger partial charge in [0, 0.05) is 12.1 Å². The molecule has 0 saturated carbocycles. The van der Waals surface area contributed by atoms with Crippen molar-refractivity contribution in [2.45, 2.75) is 24.9 Å². The van der Waals surface area contributed by atoms with Crippen molar-refractivity contribution in [3.05, 3.63) is 29.8 Å². The summed E-state index contributed by atoms with van der Waals surface area (Å²) < 4.78 is 0. The maximum absolute atomic E-state index is 9.32. The minimum atomic E-state index is 0.190. The lowest BCUT2D eigenvalue weighted by Crippen LogP contribution is -2.27. The van der Waals surface area contributed by atoms with E-state index in [1.807, 2.05) is 12.1 Å². The summed E-state index contributed by atoms with van der Waals surface area (Å²) in [6, 6.07) is 7.77. The predicted octanol–water partition coefficient (Wildman–Crippen LogP) is 1.18. The summed E-state index contributed by atoms with van der Waals surface area (Å²) in [5.74, 6) is 0.303. The van der Waals surface area contributed by atoms with Crippen LogP contribution in [-0.4, -0.2) is 22.9 Å². The topological polar surface area (TPSA) is 52.5 Å². The van der Waals surface area contributed by atoms with Gasteiger partial charge in [-0.1, -0.05) is 12.1 Å². The zero-order valence-corrected chi connectivity index (χ0v) is 7.98. The maximum Gasteiger partial charge on any atom is 0.115 e. The standard InChI is InChI=1S/C11H15NO2/c13-7-9-4-5-11(12-9)8-2-1-3-10(14)6-8/h1-3,6,9,11-14H,4-5,7H2/t9-,11+/m0/s1. The van der Waals surface area contributed by atoms with Crippen molar-refractivity contribution in [2.75, 3.05) is 6.61 Å². The van der Waals surface area contributed by atoms with E-state index in [0.29, 0.717) is 5.75 Å². The quantitative estimate of drug-likeness (QED) is 0.661. The van der Waals surface area contributed by atoms with Crippen LogP contribution in [0.2, 0.25) is 0 Å². The Hall–Kier alpha value is -1.06. The highest BCUT2D eigenvalue weighted by atomic mass is 16.3. The first-order valence-electron chi connectivity index (χ1n) is 4.95. The molecule has 76 valence electrons. The maximum atomic E-state index is 9.32. The first-order chi connectivity index (χ1) is 6.79. The first-order valence-corrected chi connectivity index (χ1v) is 4.95. The zero-order valence-electron chi connectivity index (χ0n) is 7.98. The van der Waals surface area contributed by atoms with E-state index in [0.717, 1.165) is 18.4 Å². The molecule has 0 bridgehead atoms. The van der Waals surface area contributed by atoms with Gasteiger partial charge in [0.25, 0.3) is 0 Å². The molecular formula is C11H15NO2. The minimum absolute atomic E-state index is 0.190. The molecule has 0 unspecified atom stereocenters. The van der Waals surface area contributed by atoms with Crippen LogP contribution < -0.4 is 5.32 Å². The van der Waals surface area contributed by atoms with Gasteiger partial charge in [-0.05, 0) is 30.5 Å². The first kappa shape index (κ1) is 9.49. The van der Waals surface area contributed by atoms with Gasteiger partial charge >= 0.3 is 0 Å². The second-order valence-electron chi connectivity index (χ2n) is 3.77. The van der Waals surface area contributed by atoms with Crippen LogP contribution in [-0.2, 0) is 0 Å². The van der Waals surface area contributed by atoms with Crippen molar-refractivity contribution in [3.63, 3.8) is 0 Å². The highest BCUT2D eigenvalue weighted by Gasteiger charge is 2.23. The van der Waals surface area contributed by atoms with Gasteiger partial charge in [-0.25, -0.2) is 0 Å². The van der Waals surface area contributed by atoms with Crippen molar-refractivity contribution in [2.24, 2.45) is 0 Å². The third-order valence-corrected chi connectivity index (χ3v) is 2.73. The molecule has 2 rings (SSSR count). The fourth-order valence-corrected chi connectivity index (χ4v) is 1.97. The Morgan fingerprint density at radius 2 is 2.21 bits per heavy atom. The highest BCUT2D eigenvalue weighted by Crippen LogP contribution is 2.27. The molecule has 1 fully saturated rings. The van der Waals surface area contributed by atoms with Crippen LogP contribution in [0, 0.1) is 0 Å². The van der Waals surface area contributed by atoms with Crippen molar-refractivity contribution >= 4 is 0 Å². The largest absolute Gasteiger partial charge is 0.508 e.